The van der Waals surface area contributed by atoms with E-state index < -0.39 is 0 Å². The van der Waals surface area contributed by atoms with Crippen molar-refractivity contribution >= 4 is 0 Å². The maximum Gasteiger partial charge on any atom is 0.0918 e. The van der Waals surface area contributed by atoms with Crippen molar-refractivity contribution in [3.05, 3.63) is 35.9 Å². The summed E-state index contributed by atoms with van der Waals surface area (Å²) >= 11 is 0. The minimum atomic E-state index is -0.263. The van der Waals surface area contributed by atoms with Crippen molar-refractivity contribution in [2.75, 3.05) is 0 Å². The van der Waals surface area contributed by atoms with Crippen LogP contribution in [-0.4, -0.2) is 0 Å². The average molecular weight is 131 g/mol. The van der Waals surface area contributed by atoms with Gasteiger partial charge in [-0.15, -0.1) is 6.42 Å². The molecular formula is C9H9N. The number of hydrogen-bond donors (Lipinski definition) is 1. The van der Waals surface area contributed by atoms with E-state index in [0.717, 1.165) is 5.56 Å². The first kappa shape index (κ1) is 6.85. The van der Waals surface area contributed by atoms with Gasteiger partial charge in [0.25, 0.3) is 0 Å². The molecule has 2 N–H and O–H groups in total. The maximum absolute atomic E-state index is 5.56. The Labute approximate surface area is 60.9 Å². The first-order chi connectivity index (χ1) is 4.84. The Morgan fingerprint density at radius 3 is 2.40 bits per heavy atom. The fourth-order valence-corrected chi connectivity index (χ4v) is 0.757. The number of terminal acetylenes is 1. The summed E-state index contributed by atoms with van der Waals surface area (Å²) in [5.41, 5.74) is 6.55. The largest absolute Gasteiger partial charge is 0.314 e. The van der Waals surface area contributed by atoms with Crippen LogP contribution >= 0.6 is 0 Å². The van der Waals surface area contributed by atoms with Crippen LogP contribution in [0.25, 0.3) is 0 Å². The summed E-state index contributed by atoms with van der Waals surface area (Å²) < 4.78 is 0. The average Bonchev–Trinajstić information content (AvgIpc) is 2.05. The monoisotopic (exact) mass is 131 g/mol. The van der Waals surface area contributed by atoms with E-state index in [4.69, 9.17) is 12.2 Å². The first-order valence-electron chi connectivity index (χ1n) is 3.11. The summed E-state index contributed by atoms with van der Waals surface area (Å²) in [6.07, 6.45) is 5.13. The lowest BCUT2D eigenvalue weighted by molar-refractivity contribution is 0.946. The Hall–Kier alpha value is -1.26. The van der Waals surface area contributed by atoms with E-state index in [0.29, 0.717) is 0 Å². The predicted octanol–water partition coefficient (Wildman–Crippen LogP) is 1.32. The quantitative estimate of drug-likeness (QED) is 0.571. The second-order valence-corrected chi connectivity index (χ2v) is 2.06. The van der Waals surface area contributed by atoms with Crippen LogP contribution in [0.15, 0.2) is 30.3 Å². The Morgan fingerprint density at radius 2 is 1.90 bits per heavy atom. The molecule has 0 radical (unpaired) electrons. The van der Waals surface area contributed by atoms with Crippen molar-refractivity contribution in [2.45, 2.75) is 6.04 Å². The first-order valence-corrected chi connectivity index (χ1v) is 3.11. The molecule has 0 fully saturated rings. The molecule has 0 unspecified atom stereocenters. The Bertz CT molecular complexity index is 233. The van der Waals surface area contributed by atoms with Gasteiger partial charge in [-0.3, -0.25) is 0 Å². The summed E-state index contributed by atoms with van der Waals surface area (Å²) in [7, 11) is 0. The van der Waals surface area contributed by atoms with E-state index in [9.17, 15) is 0 Å². The molecular weight excluding hydrogens is 122 g/mol. The fraction of sp³-hybridized carbons (Fsp3) is 0.111. The molecule has 0 amide bonds. The van der Waals surface area contributed by atoms with Crippen molar-refractivity contribution < 1.29 is 0 Å². The summed E-state index contributed by atoms with van der Waals surface area (Å²) in [4.78, 5) is 0. The summed E-state index contributed by atoms with van der Waals surface area (Å²) in [5, 5.41) is 0. The second kappa shape index (κ2) is 3.05. The lowest BCUT2D eigenvalue weighted by Gasteiger charge is -2.01. The van der Waals surface area contributed by atoms with E-state index in [1.165, 1.54) is 0 Å². The van der Waals surface area contributed by atoms with Gasteiger partial charge in [0, 0.05) is 0 Å². The molecule has 1 atom stereocenters. The molecule has 1 heteroatoms. The molecule has 0 saturated heterocycles. The van der Waals surface area contributed by atoms with Gasteiger partial charge in [0.15, 0.2) is 0 Å². The molecule has 0 aliphatic carbocycles. The summed E-state index contributed by atoms with van der Waals surface area (Å²) in [6, 6.07) is 9.36. The number of rotatable bonds is 1. The van der Waals surface area contributed by atoms with Crippen molar-refractivity contribution in [2.24, 2.45) is 5.73 Å². The van der Waals surface area contributed by atoms with E-state index in [1.54, 1.807) is 0 Å². The molecule has 10 heavy (non-hydrogen) atoms. The highest BCUT2D eigenvalue weighted by Crippen LogP contribution is 2.06. The van der Waals surface area contributed by atoms with Crippen LogP contribution < -0.4 is 5.73 Å². The van der Waals surface area contributed by atoms with Crippen molar-refractivity contribution in [1.82, 2.24) is 0 Å². The Kier molecular flexibility index (Phi) is 2.09. The van der Waals surface area contributed by atoms with Gasteiger partial charge in [-0.1, -0.05) is 36.3 Å². The molecule has 1 rings (SSSR count). The van der Waals surface area contributed by atoms with Crippen LogP contribution in [0.3, 0.4) is 0 Å². The third-order valence-corrected chi connectivity index (χ3v) is 1.34. The molecule has 0 aliphatic rings. The normalized spacial score (nSPS) is 12.0. The van der Waals surface area contributed by atoms with Gasteiger partial charge < -0.3 is 5.73 Å². The van der Waals surface area contributed by atoms with Crippen LogP contribution in [0.5, 0.6) is 0 Å². The zero-order chi connectivity index (χ0) is 7.40. The van der Waals surface area contributed by atoms with Gasteiger partial charge in [0.05, 0.1) is 6.04 Å². The van der Waals surface area contributed by atoms with Crippen LogP contribution in [0.1, 0.15) is 11.6 Å². The lowest BCUT2D eigenvalue weighted by Crippen LogP contribution is -2.06. The van der Waals surface area contributed by atoms with Crippen molar-refractivity contribution in [3.63, 3.8) is 0 Å². The summed E-state index contributed by atoms with van der Waals surface area (Å²) in [6.45, 7) is 0. The van der Waals surface area contributed by atoms with Gasteiger partial charge in [-0.25, -0.2) is 0 Å². The van der Waals surface area contributed by atoms with Gasteiger partial charge in [-0.05, 0) is 5.56 Å². The molecule has 1 aromatic carbocycles. The molecule has 1 nitrogen and oxygen atoms in total. The molecule has 0 heterocycles. The standard InChI is InChI=1S/C9H9N/c1-2-9(10)8-6-4-3-5-7-8/h1,3-7,9H,10H2/t9-/m0/s1. The maximum atomic E-state index is 5.56. The van der Waals surface area contributed by atoms with Gasteiger partial charge in [0.2, 0.25) is 0 Å². The smallest absolute Gasteiger partial charge is 0.0918 e. The third-order valence-electron chi connectivity index (χ3n) is 1.34. The predicted molar refractivity (Wildman–Crippen MR) is 42.2 cm³/mol. The third kappa shape index (κ3) is 1.37. The molecule has 0 aliphatic heterocycles. The van der Waals surface area contributed by atoms with E-state index in [-0.39, 0.29) is 6.04 Å². The van der Waals surface area contributed by atoms with Gasteiger partial charge >= 0.3 is 0 Å². The molecule has 50 valence electrons. The Morgan fingerprint density at radius 1 is 1.30 bits per heavy atom. The molecule has 0 bridgehead atoms. The molecule has 0 saturated carbocycles. The van der Waals surface area contributed by atoms with Gasteiger partial charge in [-0.2, -0.15) is 0 Å². The fourth-order valence-electron chi connectivity index (χ4n) is 0.757. The highest BCUT2D eigenvalue weighted by molar-refractivity contribution is 5.24. The highest BCUT2D eigenvalue weighted by Gasteiger charge is 1.97. The van der Waals surface area contributed by atoms with Crippen LogP contribution in [0.2, 0.25) is 0 Å². The zero-order valence-corrected chi connectivity index (χ0v) is 5.62. The molecule has 1 aromatic rings. The van der Waals surface area contributed by atoms with E-state index in [2.05, 4.69) is 5.92 Å². The van der Waals surface area contributed by atoms with Crippen molar-refractivity contribution in [3.8, 4) is 12.3 Å². The lowest BCUT2D eigenvalue weighted by atomic mass is 10.1. The van der Waals surface area contributed by atoms with Crippen LogP contribution in [0, 0.1) is 12.3 Å². The molecule has 0 spiro atoms. The van der Waals surface area contributed by atoms with E-state index >= 15 is 0 Å². The topological polar surface area (TPSA) is 26.0 Å². The van der Waals surface area contributed by atoms with Crippen molar-refractivity contribution in [1.29, 1.82) is 0 Å². The second-order valence-electron chi connectivity index (χ2n) is 2.06. The number of nitrogens with two attached hydrogens (primary N) is 1. The molecule has 0 aromatic heterocycles. The Balaban J connectivity index is 2.88. The minimum absolute atomic E-state index is 0.263. The van der Waals surface area contributed by atoms with E-state index in [1.807, 2.05) is 30.3 Å². The zero-order valence-electron chi connectivity index (χ0n) is 5.62. The van der Waals surface area contributed by atoms with Crippen LogP contribution in [0.4, 0.5) is 0 Å². The summed E-state index contributed by atoms with van der Waals surface area (Å²) in [5.74, 6) is 2.46. The van der Waals surface area contributed by atoms with Gasteiger partial charge in [0.1, 0.15) is 0 Å². The highest BCUT2D eigenvalue weighted by atomic mass is 14.6. The number of hydrogen-bond acceptors (Lipinski definition) is 1. The van der Waals surface area contributed by atoms with Crippen LogP contribution in [-0.2, 0) is 0 Å². The minimum Gasteiger partial charge on any atom is -0.314 e. The number of benzene rings is 1. The SMILES string of the molecule is C#C[C@H](N)c1ccccc1.